The van der Waals surface area contributed by atoms with E-state index in [1.54, 1.807) is 24.3 Å². The van der Waals surface area contributed by atoms with Gasteiger partial charge in [-0.3, -0.25) is 14.9 Å². The maximum Gasteiger partial charge on any atom is 0.288 e. The van der Waals surface area contributed by atoms with Crippen LogP contribution in [0.4, 0.5) is 5.69 Å². The molecule has 0 bridgehead atoms. The molecule has 0 spiro atoms. The van der Waals surface area contributed by atoms with Gasteiger partial charge in [-0.1, -0.05) is 23.7 Å². The third-order valence-electron chi connectivity index (χ3n) is 3.56. The Balaban J connectivity index is 1.71. The Hall–Kier alpha value is -3.45. The van der Waals surface area contributed by atoms with Crippen molar-refractivity contribution in [2.75, 3.05) is 0 Å². The first kappa shape index (κ1) is 17.4. The van der Waals surface area contributed by atoms with E-state index in [4.69, 9.17) is 11.6 Å². The number of rotatable bonds is 5. The van der Waals surface area contributed by atoms with Crippen molar-refractivity contribution in [1.29, 1.82) is 0 Å². The number of carbonyl (C=O) groups excluding carboxylic acids is 1. The SMILES string of the molecule is O=C(N/N=C/c1ccc(Cl)c([N+](=O)[O-])c1)c1cccc(-n2cccc2)c1. The van der Waals surface area contributed by atoms with E-state index in [0.717, 1.165) is 5.69 Å². The van der Waals surface area contributed by atoms with Gasteiger partial charge in [0.1, 0.15) is 5.02 Å². The summed E-state index contributed by atoms with van der Waals surface area (Å²) in [6.45, 7) is 0. The molecule has 0 aliphatic rings. The van der Waals surface area contributed by atoms with Gasteiger partial charge in [-0.2, -0.15) is 5.10 Å². The second kappa shape index (κ2) is 7.62. The van der Waals surface area contributed by atoms with Crippen LogP contribution >= 0.6 is 11.6 Å². The van der Waals surface area contributed by atoms with Crippen LogP contribution in [0.1, 0.15) is 15.9 Å². The molecule has 130 valence electrons. The molecule has 0 unspecified atom stereocenters. The van der Waals surface area contributed by atoms with Gasteiger partial charge in [0.25, 0.3) is 11.6 Å². The molecule has 0 atom stereocenters. The Bertz CT molecular complexity index is 984. The minimum absolute atomic E-state index is 0.0398. The molecule has 0 fully saturated rings. The van der Waals surface area contributed by atoms with Crippen molar-refractivity contribution in [3.8, 4) is 5.69 Å². The predicted molar refractivity (Wildman–Crippen MR) is 98.9 cm³/mol. The van der Waals surface area contributed by atoms with Gasteiger partial charge in [0.15, 0.2) is 0 Å². The van der Waals surface area contributed by atoms with Crippen LogP contribution in [0.5, 0.6) is 0 Å². The number of hydrogen-bond acceptors (Lipinski definition) is 4. The molecule has 8 heteroatoms. The van der Waals surface area contributed by atoms with Crippen molar-refractivity contribution >= 4 is 29.4 Å². The summed E-state index contributed by atoms with van der Waals surface area (Å²) in [7, 11) is 0. The van der Waals surface area contributed by atoms with Crippen LogP contribution in [-0.4, -0.2) is 21.6 Å². The maximum absolute atomic E-state index is 12.2. The number of nitro groups is 1. The van der Waals surface area contributed by atoms with E-state index in [9.17, 15) is 14.9 Å². The molecule has 7 nitrogen and oxygen atoms in total. The summed E-state index contributed by atoms with van der Waals surface area (Å²) in [6, 6.07) is 15.1. The normalized spacial score (nSPS) is 10.8. The number of nitrogens with zero attached hydrogens (tertiary/aromatic N) is 3. The number of nitro benzene ring substituents is 1. The van der Waals surface area contributed by atoms with E-state index in [1.165, 1.54) is 18.3 Å². The van der Waals surface area contributed by atoms with E-state index in [0.29, 0.717) is 11.1 Å². The lowest BCUT2D eigenvalue weighted by Gasteiger charge is -2.05. The van der Waals surface area contributed by atoms with Gasteiger partial charge >= 0.3 is 0 Å². The third kappa shape index (κ3) is 3.96. The Morgan fingerprint density at radius 2 is 1.92 bits per heavy atom. The molecule has 0 aliphatic heterocycles. The number of aromatic nitrogens is 1. The van der Waals surface area contributed by atoms with Gasteiger partial charge in [-0.25, -0.2) is 5.43 Å². The quantitative estimate of drug-likeness (QED) is 0.422. The first-order valence-electron chi connectivity index (χ1n) is 7.55. The second-order valence-corrected chi connectivity index (χ2v) is 5.71. The average molecular weight is 369 g/mol. The van der Waals surface area contributed by atoms with Gasteiger partial charge < -0.3 is 4.57 Å². The molecule has 0 aliphatic carbocycles. The van der Waals surface area contributed by atoms with E-state index in [-0.39, 0.29) is 10.7 Å². The highest BCUT2D eigenvalue weighted by molar-refractivity contribution is 6.32. The van der Waals surface area contributed by atoms with Gasteiger partial charge in [0.2, 0.25) is 0 Å². The summed E-state index contributed by atoms with van der Waals surface area (Å²) in [5.74, 6) is -0.390. The number of nitrogens with one attached hydrogen (secondary N) is 1. The van der Waals surface area contributed by atoms with Crippen molar-refractivity contribution in [3.05, 3.63) is 93.3 Å². The third-order valence-corrected chi connectivity index (χ3v) is 3.88. The van der Waals surface area contributed by atoms with Gasteiger partial charge in [-0.15, -0.1) is 0 Å². The number of carbonyl (C=O) groups is 1. The monoisotopic (exact) mass is 368 g/mol. The molecule has 1 amide bonds. The smallest absolute Gasteiger partial charge is 0.288 e. The minimum atomic E-state index is -0.578. The molecule has 3 rings (SSSR count). The van der Waals surface area contributed by atoms with Crippen molar-refractivity contribution < 1.29 is 9.72 Å². The van der Waals surface area contributed by atoms with Crippen LogP contribution in [0.25, 0.3) is 5.69 Å². The van der Waals surface area contributed by atoms with Gasteiger partial charge in [-0.05, 0) is 36.4 Å². The summed E-state index contributed by atoms with van der Waals surface area (Å²) in [4.78, 5) is 22.5. The van der Waals surface area contributed by atoms with Crippen molar-refractivity contribution in [2.24, 2.45) is 5.10 Å². The van der Waals surface area contributed by atoms with Crippen molar-refractivity contribution in [1.82, 2.24) is 9.99 Å². The Morgan fingerprint density at radius 3 is 2.65 bits per heavy atom. The van der Waals surface area contributed by atoms with Crippen molar-refractivity contribution in [2.45, 2.75) is 0 Å². The van der Waals surface area contributed by atoms with Crippen LogP contribution in [-0.2, 0) is 0 Å². The number of benzene rings is 2. The topological polar surface area (TPSA) is 89.5 Å². The fourth-order valence-corrected chi connectivity index (χ4v) is 2.48. The summed E-state index contributed by atoms with van der Waals surface area (Å²) in [5.41, 5.74) is 3.91. The van der Waals surface area contributed by atoms with Crippen LogP contribution in [0.2, 0.25) is 5.02 Å². The molecule has 1 aromatic heterocycles. The first-order valence-corrected chi connectivity index (χ1v) is 7.93. The molecule has 1 heterocycles. The molecule has 2 aromatic carbocycles. The number of hydrogen-bond donors (Lipinski definition) is 1. The van der Waals surface area contributed by atoms with Gasteiger partial charge in [0, 0.05) is 35.3 Å². The average Bonchev–Trinajstić information content (AvgIpc) is 3.17. The molecular formula is C18H13ClN4O3. The highest BCUT2D eigenvalue weighted by Gasteiger charge is 2.12. The lowest BCUT2D eigenvalue weighted by Crippen LogP contribution is -2.17. The molecule has 0 saturated heterocycles. The van der Waals surface area contributed by atoms with Crippen LogP contribution in [0.3, 0.4) is 0 Å². The standard InChI is InChI=1S/C18H13ClN4O3/c19-16-7-6-13(10-17(16)23(25)26)12-20-21-18(24)14-4-3-5-15(11-14)22-8-1-2-9-22/h1-12H,(H,21,24)/b20-12+. The zero-order chi connectivity index (χ0) is 18.5. The number of halogens is 1. The zero-order valence-corrected chi connectivity index (χ0v) is 14.1. The van der Waals surface area contributed by atoms with Crippen molar-refractivity contribution in [3.63, 3.8) is 0 Å². The maximum atomic E-state index is 12.2. The number of hydrazone groups is 1. The lowest BCUT2D eigenvalue weighted by atomic mass is 10.2. The zero-order valence-electron chi connectivity index (χ0n) is 13.4. The first-order chi connectivity index (χ1) is 12.5. The van der Waals surface area contributed by atoms with Crippen LogP contribution in [0.15, 0.2) is 72.1 Å². The molecule has 0 radical (unpaired) electrons. The highest BCUT2D eigenvalue weighted by Crippen LogP contribution is 2.24. The molecule has 3 aromatic rings. The second-order valence-electron chi connectivity index (χ2n) is 5.31. The minimum Gasteiger partial charge on any atom is -0.324 e. The van der Waals surface area contributed by atoms with E-state index in [1.807, 2.05) is 35.2 Å². The summed E-state index contributed by atoms with van der Waals surface area (Å²) >= 11 is 5.75. The highest BCUT2D eigenvalue weighted by atomic mass is 35.5. The summed E-state index contributed by atoms with van der Waals surface area (Å²) < 4.78 is 1.88. The predicted octanol–water partition coefficient (Wildman–Crippen LogP) is 3.80. The largest absolute Gasteiger partial charge is 0.324 e. The van der Waals surface area contributed by atoms with Crippen LogP contribution < -0.4 is 5.43 Å². The lowest BCUT2D eigenvalue weighted by molar-refractivity contribution is -0.384. The Morgan fingerprint density at radius 1 is 1.15 bits per heavy atom. The molecule has 0 saturated carbocycles. The van der Waals surface area contributed by atoms with E-state index in [2.05, 4.69) is 10.5 Å². The van der Waals surface area contributed by atoms with E-state index < -0.39 is 10.8 Å². The molecular weight excluding hydrogens is 356 g/mol. The Labute approximate surface area is 153 Å². The fraction of sp³-hybridized carbons (Fsp3) is 0. The molecule has 26 heavy (non-hydrogen) atoms. The summed E-state index contributed by atoms with van der Waals surface area (Å²) in [5, 5.41) is 14.8. The molecule has 1 N–H and O–H groups in total. The van der Waals surface area contributed by atoms with Gasteiger partial charge in [0.05, 0.1) is 11.1 Å². The van der Waals surface area contributed by atoms with Crippen LogP contribution in [0, 0.1) is 10.1 Å². The summed E-state index contributed by atoms with van der Waals surface area (Å²) in [6.07, 6.45) is 5.07. The van der Waals surface area contributed by atoms with E-state index >= 15 is 0 Å². The fourth-order valence-electron chi connectivity index (χ4n) is 2.29. The number of amides is 1. The Kier molecular flexibility index (Phi) is 5.09.